The Balaban J connectivity index is 1.72. The summed E-state index contributed by atoms with van der Waals surface area (Å²) in [5.41, 5.74) is 1.37. The van der Waals surface area contributed by atoms with Gasteiger partial charge in [-0.2, -0.15) is 0 Å². The summed E-state index contributed by atoms with van der Waals surface area (Å²) >= 11 is 1.64. The lowest BCUT2D eigenvalue weighted by Gasteiger charge is -2.16. The van der Waals surface area contributed by atoms with Crippen molar-refractivity contribution in [2.75, 3.05) is 0 Å². The van der Waals surface area contributed by atoms with E-state index in [4.69, 9.17) is 4.42 Å². The van der Waals surface area contributed by atoms with Gasteiger partial charge < -0.3 is 9.73 Å². The molecule has 3 nitrogen and oxygen atoms in total. The Kier molecular flexibility index (Phi) is 3.66. The van der Waals surface area contributed by atoms with E-state index in [2.05, 4.69) is 18.3 Å². The van der Waals surface area contributed by atoms with Gasteiger partial charge in [0.1, 0.15) is 5.76 Å². The van der Waals surface area contributed by atoms with E-state index in [0.29, 0.717) is 0 Å². The van der Waals surface area contributed by atoms with Crippen LogP contribution in [-0.2, 0) is 12.8 Å². The van der Waals surface area contributed by atoms with Crippen LogP contribution >= 0.6 is 11.3 Å². The largest absolute Gasteiger partial charge is 0.467 e. The second-order valence-corrected chi connectivity index (χ2v) is 6.75. The molecular weight excluding hydrogens is 270 g/mol. The van der Waals surface area contributed by atoms with Gasteiger partial charge in [0.05, 0.1) is 17.2 Å². The van der Waals surface area contributed by atoms with Crippen molar-refractivity contribution in [2.24, 2.45) is 5.92 Å². The minimum absolute atomic E-state index is 0.000882. The molecule has 0 aliphatic heterocycles. The third-order valence-corrected chi connectivity index (χ3v) is 5.11. The van der Waals surface area contributed by atoms with E-state index < -0.39 is 0 Å². The maximum atomic E-state index is 12.3. The summed E-state index contributed by atoms with van der Waals surface area (Å²) in [4.78, 5) is 14.5. The Morgan fingerprint density at radius 1 is 1.55 bits per heavy atom. The lowest BCUT2D eigenvalue weighted by molar-refractivity contribution is 0.0939. The van der Waals surface area contributed by atoms with Gasteiger partial charge in [-0.25, -0.2) is 0 Å². The maximum Gasteiger partial charge on any atom is 0.261 e. The fourth-order valence-corrected chi connectivity index (χ4v) is 3.81. The van der Waals surface area contributed by atoms with E-state index in [-0.39, 0.29) is 11.9 Å². The lowest BCUT2D eigenvalue weighted by atomic mass is 9.90. The molecule has 1 N–H and O–H groups in total. The summed E-state index contributed by atoms with van der Waals surface area (Å²) < 4.78 is 5.32. The molecular formula is C16H19NO2S. The number of fused-ring (bicyclic) bond motifs is 1. The van der Waals surface area contributed by atoms with Crippen molar-refractivity contribution < 1.29 is 9.21 Å². The highest BCUT2D eigenvalue weighted by Gasteiger charge is 2.21. The van der Waals surface area contributed by atoms with Crippen LogP contribution < -0.4 is 5.32 Å². The van der Waals surface area contributed by atoms with Crippen molar-refractivity contribution in [3.8, 4) is 0 Å². The van der Waals surface area contributed by atoms with Gasteiger partial charge >= 0.3 is 0 Å². The number of hydrogen-bond acceptors (Lipinski definition) is 3. The Hall–Kier alpha value is -1.55. The summed E-state index contributed by atoms with van der Waals surface area (Å²) in [6.45, 7) is 4.21. The second kappa shape index (κ2) is 5.44. The normalized spacial score (nSPS) is 19.4. The molecule has 0 unspecified atom stereocenters. The van der Waals surface area contributed by atoms with Crippen LogP contribution in [0.1, 0.15) is 52.2 Å². The van der Waals surface area contributed by atoms with Crippen LogP contribution in [0.25, 0.3) is 0 Å². The first kappa shape index (κ1) is 13.4. The molecule has 106 valence electrons. The van der Waals surface area contributed by atoms with Crippen LogP contribution in [0.4, 0.5) is 0 Å². The van der Waals surface area contributed by atoms with Crippen LogP contribution in [0.3, 0.4) is 0 Å². The van der Waals surface area contributed by atoms with E-state index in [0.717, 1.165) is 29.4 Å². The van der Waals surface area contributed by atoms with Crippen LogP contribution in [0.5, 0.6) is 0 Å². The molecule has 1 aliphatic rings. The van der Waals surface area contributed by atoms with E-state index in [1.165, 1.54) is 16.9 Å². The van der Waals surface area contributed by atoms with Crippen molar-refractivity contribution >= 4 is 17.2 Å². The summed E-state index contributed by atoms with van der Waals surface area (Å²) in [6.07, 6.45) is 5.08. The lowest BCUT2D eigenvalue weighted by Crippen LogP contribution is -2.25. The van der Waals surface area contributed by atoms with Crippen molar-refractivity contribution in [3.05, 3.63) is 45.5 Å². The zero-order chi connectivity index (χ0) is 14.1. The zero-order valence-corrected chi connectivity index (χ0v) is 12.6. The van der Waals surface area contributed by atoms with Crippen LogP contribution in [-0.4, -0.2) is 5.91 Å². The molecule has 1 amide bonds. The SMILES string of the molecule is C[C@H]1CCc2sc(C(=O)N[C@H](C)c3ccco3)cc2C1. The predicted octanol–water partition coefficient (Wildman–Crippen LogP) is 3.96. The quantitative estimate of drug-likeness (QED) is 0.929. The van der Waals surface area contributed by atoms with Crippen molar-refractivity contribution in [2.45, 2.75) is 39.2 Å². The molecule has 0 saturated heterocycles. The summed E-state index contributed by atoms with van der Waals surface area (Å²) in [7, 11) is 0. The highest BCUT2D eigenvalue weighted by molar-refractivity contribution is 7.14. The van der Waals surface area contributed by atoms with Crippen LogP contribution in [0, 0.1) is 5.92 Å². The highest BCUT2D eigenvalue weighted by atomic mass is 32.1. The molecule has 1 aliphatic carbocycles. The summed E-state index contributed by atoms with van der Waals surface area (Å²) in [6, 6.07) is 5.69. The Morgan fingerprint density at radius 2 is 2.40 bits per heavy atom. The third kappa shape index (κ3) is 2.66. The number of carbonyl (C=O) groups excluding carboxylic acids is 1. The first-order chi connectivity index (χ1) is 9.63. The van der Waals surface area contributed by atoms with Crippen molar-refractivity contribution in [1.29, 1.82) is 0 Å². The van der Waals surface area contributed by atoms with Crippen molar-refractivity contribution in [3.63, 3.8) is 0 Å². The highest BCUT2D eigenvalue weighted by Crippen LogP contribution is 2.32. The van der Waals surface area contributed by atoms with E-state index in [9.17, 15) is 4.79 Å². The molecule has 2 aromatic heterocycles. The van der Waals surface area contributed by atoms with Gasteiger partial charge in [-0.1, -0.05) is 6.92 Å². The molecule has 0 spiro atoms. The monoisotopic (exact) mass is 289 g/mol. The average molecular weight is 289 g/mol. The van der Waals surface area contributed by atoms with Crippen molar-refractivity contribution in [1.82, 2.24) is 5.32 Å². The molecule has 0 fully saturated rings. The van der Waals surface area contributed by atoms with Crippen LogP contribution in [0.2, 0.25) is 0 Å². The van der Waals surface area contributed by atoms with Gasteiger partial charge in [-0.3, -0.25) is 4.79 Å². The van der Waals surface area contributed by atoms with Gasteiger partial charge in [-0.15, -0.1) is 11.3 Å². The minimum Gasteiger partial charge on any atom is -0.467 e. The number of nitrogens with one attached hydrogen (secondary N) is 1. The van der Waals surface area contributed by atoms with Gasteiger partial charge in [0.2, 0.25) is 0 Å². The first-order valence-electron chi connectivity index (χ1n) is 7.09. The number of rotatable bonds is 3. The van der Waals surface area contributed by atoms with Gasteiger partial charge in [0.15, 0.2) is 0 Å². The van der Waals surface area contributed by atoms with Gasteiger partial charge in [-0.05, 0) is 55.9 Å². The average Bonchev–Trinajstić information content (AvgIpc) is 3.07. The topological polar surface area (TPSA) is 42.2 Å². The molecule has 2 heterocycles. The molecule has 3 rings (SSSR count). The fourth-order valence-electron chi connectivity index (χ4n) is 2.69. The smallest absolute Gasteiger partial charge is 0.261 e. The third-order valence-electron chi connectivity index (χ3n) is 3.87. The Bertz CT molecular complexity index is 600. The second-order valence-electron chi connectivity index (χ2n) is 5.62. The number of amides is 1. The number of aryl methyl sites for hydroxylation is 1. The number of furan rings is 1. The Morgan fingerprint density at radius 3 is 3.15 bits per heavy atom. The summed E-state index contributed by atoms with van der Waals surface area (Å²) in [5.74, 6) is 1.52. The van der Waals surface area contributed by atoms with Gasteiger partial charge in [0, 0.05) is 4.88 Å². The van der Waals surface area contributed by atoms with E-state index in [1.807, 2.05) is 19.1 Å². The number of carbonyl (C=O) groups is 1. The van der Waals surface area contributed by atoms with Gasteiger partial charge in [0.25, 0.3) is 5.91 Å². The summed E-state index contributed by atoms with van der Waals surface area (Å²) in [5, 5.41) is 3.00. The molecule has 4 heteroatoms. The van der Waals surface area contributed by atoms with E-state index in [1.54, 1.807) is 17.6 Å². The molecule has 0 aromatic carbocycles. The number of thiophene rings is 1. The Labute approximate surface area is 123 Å². The molecule has 20 heavy (non-hydrogen) atoms. The molecule has 0 radical (unpaired) electrons. The van der Waals surface area contributed by atoms with E-state index >= 15 is 0 Å². The van der Waals surface area contributed by atoms with Crippen LogP contribution in [0.15, 0.2) is 28.9 Å². The molecule has 0 saturated carbocycles. The minimum atomic E-state index is -0.101. The molecule has 2 atom stereocenters. The maximum absolute atomic E-state index is 12.3. The standard InChI is InChI=1S/C16H19NO2S/c1-10-5-6-14-12(8-10)9-15(20-14)16(18)17-11(2)13-4-3-7-19-13/h3-4,7,9-11H,5-6,8H2,1-2H3,(H,17,18)/t10-,11+/m0/s1. The first-order valence-corrected chi connectivity index (χ1v) is 7.91. The predicted molar refractivity (Wildman–Crippen MR) is 80.1 cm³/mol. The fraction of sp³-hybridized carbons (Fsp3) is 0.438. The zero-order valence-electron chi connectivity index (χ0n) is 11.8. The molecule has 2 aromatic rings. The molecule has 0 bridgehead atoms. The number of hydrogen-bond donors (Lipinski definition) is 1.